The van der Waals surface area contributed by atoms with Crippen LogP contribution in [0.25, 0.3) is 0 Å². The number of nitrogens with zero attached hydrogens (tertiary/aromatic N) is 1. The Morgan fingerprint density at radius 1 is 1.07 bits per heavy atom. The van der Waals surface area contributed by atoms with Crippen LogP contribution in [0.15, 0.2) is 47.4 Å². The predicted molar refractivity (Wildman–Crippen MR) is 113 cm³/mol. The molecular weight excluding hydrogens is 453 g/mol. The molecular formula is C19H19Cl2N3O5S. The summed E-state index contributed by atoms with van der Waals surface area (Å²) in [5.41, 5.74) is 0.487. The van der Waals surface area contributed by atoms with Crippen molar-refractivity contribution in [2.45, 2.75) is 4.90 Å². The molecule has 2 amide bonds. The van der Waals surface area contributed by atoms with E-state index in [1.807, 2.05) is 0 Å². The SMILES string of the molecule is O=C(CNC(=O)c1ccc(Cl)cc1Cl)Nc1cccc(S(=O)(=O)N2CCOCC2)c1. The van der Waals surface area contributed by atoms with E-state index in [9.17, 15) is 18.0 Å². The Morgan fingerprint density at radius 2 is 1.80 bits per heavy atom. The first-order valence-corrected chi connectivity index (χ1v) is 11.2. The third-order valence-electron chi connectivity index (χ3n) is 4.31. The molecule has 0 unspecified atom stereocenters. The molecule has 0 radical (unpaired) electrons. The molecule has 0 bridgehead atoms. The average Bonchev–Trinajstić information content (AvgIpc) is 2.73. The highest BCUT2D eigenvalue weighted by Gasteiger charge is 2.26. The van der Waals surface area contributed by atoms with E-state index in [1.165, 1.54) is 40.7 Å². The number of morpholine rings is 1. The highest BCUT2D eigenvalue weighted by Crippen LogP contribution is 2.22. The van der Waals surface area contributed by atoms with Gasteiger partial charge in [0.2, 0.25) is 15.9 Å². The lowest BCUT2D eigenvalue weighted by Crippen LogP contribution is -2.40. The zero-order chi connectivity index (χ0) is 21.7. The van der Waals surface area contributed by atoms with Gasteiger partial charge in [-0.1, -0.05) is 29.3 Å². The Labute approximate surface area is 184 Å². The number of halogens is 2. The largest absolute Gasteiger partial charge is 0.379 e. The van der Waals surface area contributed by atoms with Gasteiger partial charge in [-0.3, -0.25) is 9.59 Å². The molecule has 2 N–H and O–H groups in total. The summed E-state index contributed by atoms with van der Waals surface area (Å²) in [4.78, 5) is 24.4. The van der Waals surface area contributed by atoms with Gasteiger partial charge >= 0.3 is 0 Å². The molecule has 1 saturated heterocycles. The Kier molecular flexibility index (Phi) is 7.32. The molecule has 30 heavy (non-hydrogen) atoms. The fourth-order valence-corrected chi connectivity index (χ4v) is 4.75. The van der Waals surface area contributed by atoms with Crippen LogP contribution in [0.4, 0.5) is 5.69 Å². The molecule has 3 rings (SSSR count). The van der Waals surface area contributed by atoms with E-state index < -0.39 is 21.8 Å². The van der Waals surface area contributed by atoms with Crippen molar-refractivity contribution >= 4 is 50.7 Å². The average molecular weight is 472 g/mol. The highest BCUT2D eigenvalue weighted by molar-refractivity contribution is 7.89. The fraction of sp³-hybridized carbons (Fsp3) is 0.263. The van der Waals surface area contributed by atoms with Crippen molar-refractivity contribution < 1.29 is 22.7 Å². The van der Waals surface area contributed by atoms with Crippen LogP contribution >= 0.6 is 23.2 Å². The van der Waals surface area contributed by atoms with Crippen molar-refractivity contribution in [3.8, 4) is 0 Å². The minimum absolute atomic E-state index is 0.0687. The van der Waals surface area contributed by atoms with Crippen LogP contribution in [-0.4, -0.2) is 57.4 Å². The van der Waals surface area contributed by atoms with Gasteiger partial charge in [0.25, 0.3) is 5.91 Å². The van der Waals surface area contributed by atoms with E-state index in [0.717, 1.165) is 0 Å². The number of carbonyl (C=O) groups excluding carboxylic acids is 2. The molecule has 0 spiro atoms. The van der Waals surface area contributed by atoms with Gasteiger partial charge in [-0.25, -0.2) is 8.42 Å². The molecule has 1 aliphatic rings. The second kappa shape index (κ2) is 9.76. The summed E-state index contributed by atoms with van der Waals surface area (Å²) in [5.74, 6) is -1.05. The van der Waals surface area contributed by atoms with Gasteiger partial charge in [0.05, 0.1) is 35.2 Å². The van der Waals surface area contributed by atoms with Crippen LogP contribution in [-0.2, 0) is 19.6 Å². The second-order valence-electron chi connectivity index (χ2n) is 6.40. The number of benzene rings is 2. The summed E-state index contributed by atoms with van der Waals surface area (Å²) in [6.07, 6.45) is 0. The Bertz CT molecular complexity index is 1060. The van der Waals surface area contributed by atoms with Gasteiger partial charge in [0.1, 0.15) is 0 Å². The summed E-state index contributed by atoms with van der Waals surface area (Å²) in [6, 6.07) is 10.3. The van der Waals surface area contributed by atoms with Crippen molar-refractivity contribution in [2.75, 3.05) is 38.2 Å². The summed E-state index contributed by atoms with van der Waals surface area (Å²) in [5, 5.41) is 5.59. The number of hydrogen-bond acceptors (Lipinski definition) is 5. The molecule has 0 atom stereocenters. The Morgan fingerprint density at radius 3 is 2.50 bits per heavy atom. The summed E-state index contributed by atoms with van der Waals surface area (Å²) < 4.78 is 32.0. The normalized spacial score (nSPS) is 14.9. The molecule has 1 heterocycles. The third kappa shape index (κ3) is 5.50. The topological polar surface area (TPSA) is 105 Å². The zero-order valence-corrected chi connectivity index (χ0v) is 18.1. The van der Waals surface area contributed by atoms with Crippen LogP contribution in [0.2, 0.25) is 10.0 Å². The number of hydrogen-bond donors (Lipinski definition) is 2. The van der Waals surface area contributed by atoms with E-state index >= 15 is 0 Å². The summed E-state index contributed by atoms with van der Waals surface area (Å²) in [6.45, 7) is 0.911. The van der Waals surface area contributed by atoms with E-state index in [0.29, 0.717) is 23.9 Å². The summed E-state index contributed by atoms with van der Waals surface area (Å²) in [7, 11) is -3.68. The monoisotopic (exact) mass is 471 g/mol. The number of amides is 2. The fourth-order valence-electron chi connectivity index (χ4n) is 2.80. The van der Waals surface area contributed by atoms with E-state index in [-0.39, 0.29) is 35.1 Å². The van der Waals surface area contributed by atoms with Gasteiger partial charge in [-0.2, -0.15) is 4.31 Å². The number of sulfonamides is 1. The van der Waals surface area contributed by atoms with Crippen LogP contribution < -0.4 is 10.6 Å². The lowest BCUT2D eigenvalue weighted by molar-refractivity contribution is -0.115. The number of rotatable bonds is 6. The molecule has 2 aromatic rings. The van der Waals surface area contributed by atoms with Gasteiger partial charge in [-0.15, -0.1) is 0 Å². The van der Waals surface area contributed by atoms with Crippen LogP contribution in [0.3, 0.4) is 0 Å². The molecule has 2 aromatic carbocycles. The molecule has 0 saturated carbocycles. The van der Waals surface area contributed by atoms with Gasteiger partial charge in [0, 0.05) is 23.8 Å². The number of anilines is 1. The van der Waals surface area contributed by atoms with Crippen LogP contribution in [0.1, 0.15) is 10.4 Å². The lowest BCUT2D eigenvalue weighted by atomic mass is 10.2. The maximum Gasteiger partial charge on any atom is 0.253 e. The maximum atomic E-state index is 12.7. The first-order valence-electron chi connectivity index (χ1n) is 8.98. The highest BCUT2D eigenvalue weighted by atomic mass is 35.5. The molecule has 0 aromatic heterocycles. The van der Waals surface area contributed by atoms with E-state index in [2.05, 4.69) is 10.6 Å². The van der Waals surface area contributed by atoms with Crippen molar-refractivity contribution in [1.29, 1.82) is 0 Å². The predicted octanol–water partition coefficient (Wildman–Crippen LogP) is 2.38. The van der Waals surface area contributed by atoms with Crippen molar-refractivity contribution in [2.24, 2.45) is 0 Å². The van der Waals surface area contributed by atoms with Crippen molar-refractivity contribution in [1.82, 2.24) is 9.62 Å². The van der Waals surface area contributed by atoms with Crippen LogP contribution in [0.5, 0.6) is 0 Å². The minimum Gasteiger partial charge on any atom is -0.379 e. The number of carbonyl (C=O) groups is 2. The lowest BCUT2D eigenvalue weighted by Gasteiger charge is -2.26. The first-order chi connectivity index (χ1) is 14.3. The maximum absolute atomic E-state index is 12.7. The van der Waals surface area contributed by atoms with E-state index in [1.54, 1.807) is 6.07 Å². The molecule has 160 valence electrons. The Balaban J connectivity index is 1.61. The molecule has 0 aliphatic carbocycles. The molecule has 8 nitrogen and oxygen atoms in total. The van der Waals surface area contributed by atoms with Crippen molar-refractivity contribution in [3.05, 3.63) is 58.1 Å². The first kappa shape index (κ1) is 22.5. The van der Waals surface area contributed by atoms with Gasteiger partial charge in [-0.05, 0) is 36.4 Å². The molecule has 1 aliphatic heterocycles. The molecule has 11 heteroatoms. The van der Waals surface area contributed by atoms with Crippen molar-refractivity contribution in [3.63, 3.8) is 0 Å². The Hall–Kier alpha value is -2.17. The molecule has 1 fully saturated rings. The third-order valence-corrected chi connectivity index (χ3v) is 6.75. The quantitative estimate of drug-likeness (QED) is 0.672. The summed E-state index contributed by atoms with van der Waals surface area (Å²) >= 11 is 11.8. The smallest absolute Gasteiger partial charge is 0.253 e. The standard InChI is InChI=1S/C19H19Cl2N3O5S/c20-13-4-5-16(17(21)10-13)19(26)22-12-18(25)23-14-2-1-3-15(11-14)30(27,28)24-6-8-29-9-7-24/h1-5,10-11H,6-9,12H2,(H,22,26)(H,23,25). The van der Waals surface area contributed by atoms with E-state index in [4.69, 9.17) is 27.9 Å². The van der Waals surface area contributed by atoms with Gasteiger partial charge in [0.15, 0.2) is 0 Å². The number of ether oxygens (including phenoxy) is 1. The zero-order valence-electron chi connectivity index (χ0n) is 15.7. The number of nitrogens with one attached hydrogen (secondary N) is 2. The minimum atomic E-state index is -3.68. The van der Waals surface area contributed by atoms with Crippen LogP contribution in [0, 0.1) is 0 Å². The second-order valence-corrected chi connectivity index (χ2v) is 9.18. The van der Waals surface area contributed by atoms with Gasteiger partial charge < -0.3 is 15.4 Å².